The highest BCUT2D eigenvalue weighted by molar-refractivity contribution is 7.86. The summed E-state index contributed by atoms with van der Waals surface area (Å²) in [5, 5.41) is 32.6. The predicted octanol–water partition coefficient (Wildman–Crippen LogP) is 2.02. The van der Waals surface area contributed by atoms with E-state index in [1.165, 1.54) is 0 Å². The lowest BCUT2D eigenvalue weighted by Gasteiger charge is -2.08. The maximum absolute atomic E-state index is 11.4. The van der Waals surface area contributed by atoms with Gasteiger partial charge in [-0.15, -0.1) is 15.3 Å². The molecule has 0 saturated heterocycles. The van der Waals surface area contributed by atoms with Crippen molar-refractivity contribution in [1.82, 2.24) is 15.2 Å². The number of H-pyrrole nitrogens is 1. The molecule has 0 saturated carbocycles. The molecule has 0 spiro atoms. The van der Waals surface area contributed by atoms with Gasteiger partial charge in [-0.25, -0.2) is 4.79 Å². The van der Waals surface area contributed by atoms with Gasteiger partial charge in [-0.3, -0.25) is 9.65 Å². The second-order valence-corrected chi connectivity index (χ2v) is 6.15. The number of rotatable bonds is 4. The number of carboxylic acid groups (broad SMARTS) is 1. The zero-order chi connectivity index (χ0) is 18.2. The molecule has 1 heterocycles. The Hall–Kier alpha value is -3.38. The monoisotopic (exact) mass is 363 g/mol. The normalized spacial score (nSPS) is 12.0. The molecule has 3 aromatic rings. The van der Waals surface area contributed by atoms with Crippen molar-refractivity contribution in [2.45, 2.75) is 4.90 Å². The molecule has 0 atom stereocenters. The summed E-state index contributed by atoms with van der Waals surface area (Å²) in [4.78, 5) is 13.5. The van der Waals surface area contributed by atoms with Crippen molar-refractivity contribution in [2.75, 3.05) is 0 Å². The van der Waals surface area contributed by atoms with E-state index in [1.54, 1.807) is 24.3 Å². The van der Waals surface area contributed by atoms with Gasteiger partial charge in [0.2, 0.25) is 5.82 Å². The standard InChI is InChI=1S/C13H9N5O6S/c19-10-8(25(22,23)24)5-6-3-1-2-4-7(6)9(10)15-17-13-14-11(12(20)21)16-18-13/h1-5,19H,(H,20,21)(H,14,16,18)(H,22,23,24). The topological polar surface area (TPSA) is 178 Å². The van der Waals surface area contributed by atoms with Crippen molar-refractivity contribution >= 4 is 38.5 Å². The predicted molar refractivity (Wildman–Crippen MR) is 82.9 cm³/mol. The van der Waals surface area contributed by atoms with Crippen LogP contribution in [0.15, 0.2) is 45.5 Å². The number of hydrogen-bond acceptors (Lipinski definition) is 8. The number of azo groups is 1. The molecule has 11 nitrogen and oxygen atoms in total. The first-order valence-corrected chi connectivity index (χ1v) is 8.01. The van der Waals surface area contributed by atoms with Crippen molar-refractivity contribution in [3.63, 3.8) is 0 Å². The van der Waals surface area contributed by atoms with Crippen LogP contribution < -0.4 is 0 Å². The Morgan fingerprint density at radius 2 is 1.92 bits per heavy atom. The van der Waals surface area contributed by atoms with Crippen molar-refractivity contribution in [3.8, 4) is 5.75 Å². The number of fused-ring (bicyclic) bond motifs is 1. The first-order valence-electron chi connectivity index (χ1n) is 6.57. The summed E-state index contributed by atoms with van der Waals surface area (Å²) in [6.07, 6.45) is 0. The summed E-state index contributed by atoms with van der Waals surface area (Å²) >= 11 is 0. The van der Waals surface area contributed by atoms with Crippen LogP contribution in [0.25, 0.3) is 10.8 Å². The molecule has 0 aliphatic carbocycles. The average molecular weight is 363 g/mol. The highest BCUT2D eigenvalue weighted by atomic mass is 32.2. The van der Waals surface area contributed by atoms with E-state index in [2.05, 4.69) is 25.4 Å². The van der Waals surface area contributed by atoms with Gasteiger partial charge >= 0.3 is 5.97 Å². The SMILES string of the molecule is O=C(O)c1nc(N=Nc2c(O)c(S(=O)(=O)O)cc3ccccc23)n[nH]1. The molecular formula is C13H9N5O6S. The molecule has 128 valence electrons. The van der Waals surface area contributed by atoms with Gasteiger partial charge in [0.25, 0.3) is 16.1 Å². The number of benzene rings is 2. The summed E-state index contributed by atoms with van der Waals surface area (Å²) in [6, 6.07) is 7.45. The van der Waals surface area contributed by atoms with E-state index in [-0.39, 0.29) is 11.6 Å². The van der Waals surface area contributed by atoms with Crippen molar-refractivity contribution in [3.05, 3.63) is 36.2 Å². The van der Waals surface area contributed by atoms with Crippen LogP contribution >= 0.6 is 0 Å². The van der Waals surface area contributed by atoms with Crippen LogP contribution in [0.1, 0.15) is 10.6 Å². The fourth-order valence-corrected chi connectivity index (χ4v) is 2.70. The van der Waals surface area contributed by atoms with Gasteiger partial charge in [0.15, 0.2) is 5.75 Å². The van der Waals surface area contributed by atoms with Gasteiger partial charge in [-0.1, -0.05) is 24.3 Å². The van der Waals surface area contributed by atoms with E-state index < -0.39 is 32.6 Å². The number of phenolic OH excluding ortho intramolecular Hbond substituents is 1. The highest BCUT2D eigenvalue weighted by Gasteiger charge is 2.21. The first kappa shape index (κ1) is 16.5. The first-order chi connectivity index (χ1) is 11.8. The van der Waals surface area contributed by atoms with E-state index in [1.807, 2.05) is 0 Å². The molecular weight excluding hydrogens is 354 g/mol. The number of aromatic nitrogens is 3. The summed E-state index contributed by atoms with van der Waals surface area (Å²) in [7, 11) is -4.70. The number of nitrogens with one attached hydrogen (secondary N) is 1. The van der Waals surface area contributed by atoms with Crippen LogP contribution in [0.5, 0.6) is 5.75 Å². The Morgan fingerprint density at radius 3 is 2.56 bits per heavy atom. The molecule has 0 aliphatic heterocycles. The van der Waals surface area contributed by atoms with Gasteiger partial charge in [-0.05, 0) is 11.5 Å². The molecule has 0 unspecified atom stereocenters. The van der Waals surface area contributed by atoms with E-state index in [4.69, 9.17) is 5.11 Å². The van der Waals surface area contributed by atoms with E-state index in [0.29, 0.717) is 10.8 Å². The van der Waals surface area contributed by atoms with Gasteiger partial charge in [-0.2, -0.15) is 13.4 Å². The largest absolute Gasteiger partial charge is 0.504 e. The molecule has 2 aromatic carbocycles. The third-order valence-corrected chi connectivity index (χ3v) is 4.02. The summed E-state index contributed by atoms with van der Waals surface area (Å²) in [6.45, 7) is 0. The fourth-order valence-electron chi connectivity index (χ4n) is 2.08. The minimum atomic E-state index is -4.70. The van der Waals surface area contributed by atoms with Crippen LogP contribution in [0.3, 0.4) is 0 Å². The van der Waals surface area contributed by atoms with Crippen molar-refractivity contribution in [1.29, 1.82) is 0 Å². The lowest BCUT2D eigenvalue weighted by Crippen LogP contribution is -1.98. The maximum atomic E-state index is 11.4. The maximum Gasteiger partial charge on any atom is 0.373 e. The Balaban J connectivity index is 2.18. The van der Waals surface area contributed by atoms with Crippen molar-refractivity contribution in [2.24, 2.45) is 10.2 Å². The van der Waals surface area contributed by atoms with Gasteiger partial charge in [0.1, 0.15) is 10.6 Å². The number of carbonyl (C=O) groups is 1. The number of phenols is 1. The second kappa shape index (κ2) is 5.92. The molecule has 0 radical (unpaired) electrons. The quantitative estimate of drug-likeness (QED) is 0.401. The number of carboxylic acids is 1. The van der Waals surface area contributed by atoms with Crippen LogP contribution in [-0.4, -0.2) is 44.3 Å². The molecule has 25 heavy (non-hydrogen) atoms. The highest BCUT2D eigenvalue weighted by Crippen LogP contribution is 2.40. The van der Waals surface area contributed by atoms with Gasteiger partial charge < -0.3 is 10.2 Å². The van der Waals surface area contributed by atoms with Gasteiger partial charge in [0.05, 0.1) is 0 Å². The number of hydrogen-bond donors (Lipinski definition) is 4. The second-order valence-electron chi connectivity index (χ2n) is 4.76. The number of aromatic carboxylic acids is 1. The van der Waals surface area contributed by atoms with E-state index in [0.717, 1.165) is 6.07 Å². The third kappa shape index (κ3) is 3.15. The van der Waals surface area contributed by atoms with E-state index in [9.17, 15) is 22.9 Å². The van der Waals surface area contributed by atoms with Gasteiger partial charge in [0, 0.05) is 5.39 Å². The Morgan fingerprint density at radius 1 is 1.20 bits per heavy atom. The molecule has 0 fully saturated rings. The average Bonchev–Trinajstić information content (AvgIpc) is 3.01. The summed E-state index contributed by atoms with van der Waals surface area (Å²) < 4.78 is 32.1. The van der Waals surface area contributed by atoms with Crippen LogP contribution in [-0.2, 0) is 10.1 Å². The Bertz CT molecular complexity index is 1120. The molecule has 4 N–H and O–H groups in total. The van der Waals surface area contributed by atoms with Crippen LogP contribution in [0.4, 0.5) is 11.6 Å². The molecule has 12 heteroatoms. The zero-order valence-corrected chi connectivity index (χ0v) is 13.0. The van der Waals surface area contributed by atoms with E-state index >= 15 is 0 Å². The zero-order valence-electron chi connectivity index (χ0n) is 12.2. The Labute approximate surface area is 139 Å². The fraction of sp³-hybridized carbons (Fsp3) is 0. The third-order valence-electron chi connectivity index (χ3n) is 3.15. The smallest absolute Gasteiger partial charge is 0.373 e. The number of aromatic amines is 1. The molecule has 0 amide bonds. The summed E-state index contributed by atoms with van der Waals surface area (Å²) in [5.74, 6) is -2.96. The van der Waals surface area contributed by atoms with Crippen LogP contribution in [0, 0.1) is 0 Å². The summed E-state index contributed by atoms with van der Waals surface area (Å²) in [5.41, 5.74) is -0.243. The van der Waals surface area contributed by atoms with Crippen molar-refractivity contribution < 1.29 is 28.0 Å². The minimum absolute atomic E-state index is 0.243. The minimum Gasteiger partial charge on any atom is -0.504 e. The molecule has 0 aliphatic rings. The molecule has 1 aromatic heterocycles. The lowest BCUT2D eigenvalue weighted by molar-refractivity contribution is 0.0684. The number of nitrogens with zero attached hydrogens (tertiary/aromatic N) is 4. The molecule has 3 rings (SSSR count). The molecule has 0 bridgehead atoms. The number of aromatic hydroxyl groups is 1. The lowest BCUT2D eigenvalue weighted by atomic mass is 10.1. The van der Waals surface area contributed by atoms with Crippen LogP contribution in [0.2, 0.25) is 0 Å². The Kier molecular flexibility index (Phi) is 3.90.